The second-order valence-corrected chi connectivity index (χ2v) is 21.7. The highest BCUT2D eigenvalue weighted by molar-refractivity contribution is 4.87. The number of aliphatic hydroxyl groups excluding tert-OH is 3. The van der Waals surface area contributed by atoms with Crippen molar-refractivity contribution in [3.05, 3.63) is 62.9 Å². The summed E-state index contributed by atoms with van der Waals surface area (Å²) in [6, 6.07) is 0. The number of ether oxygens (including phenoxy) is 3. The standard InChI is InChI=1S/C36H72N6O6.C12H15N3O6.C8H19N/c1-7-13-19-37(20-14-8-2)25-31(43)28-40-34(46)41(29-32(44)26-38(21-15-9-3)22-16-10-4)36(48)42(35(40)47)30-33(45)27-39(23-17-11-5)24-18-12-6;16-10-13(1-7-4-19-7)11(17)15(3-9-6-21-9)12(18)14(10)2-8-5-20-8;1-3-5-7-9-8-6-4-2/h31-33,43-45H,7-30H2,1-6H3;7-9H,1-6H2;9H,3-8H2,1-2H3. The summed E-state index contributed by atoms with van der Waals surface area (Å²) < 4.78 is 21.2. The number of epoxide rings is 3. The summed E-state index contributed by atoms with van der Waals surface area (Å²) in [6.45, 7) is 26.6. The van der Waals surface area contributed by atoms with Crippen molar-refractivity contribution >= 4 is 0 Å². The van der Waals surface area contributed by atoms with E-state index >= 15 is 0 Å². The molecule has 5 rings (SSSR count). The number of hydrogen-bond acceptors (Lipinski definition) is 16. The molecule has 3 fully saturated rings. The van der Waals surface area contributed by atoms with Crippen molar-refractivity contribution in [3.63, 3.8) is 0 Å². The number of aliphatic hydroxyl groups is 3. The predicted molar refractivity (Wildman–Crippen MR) is 307 cm³/mol. The first-order valence-electron chi connectivity index (χ1n) is 30.3. The lowest BCUT2D eigenvalue weighted by molar-refractivity contribution is 0.0796. The van der Waals surface area contributed by atoms with E-state index in [-0.39, 0.29) is 57.6 Å². The molecule has 3 aliphatic rings. The fourth-order valence-corrected chi connectivity index (χ4v) is 9.04. The molecule has 0 aliphatic carbocycles. The fourth-order valence-electron chi connectivity index (χ4n) is 9.04. The summed E-state index contributed by atoms with van der Waals surface area (Å²) in [4.78, 5) is 84.9. The van der Waals surface area contributed by atoms with Gasteiger partial charge in [-0.25, -0.2) is 56.2 Å². The quantitative estimate of drug-likeness (QED) is 0.0551. The normalized spacial score (nSPS) is 17.7. The molecule has 5 heterocycles. The number of nitrogens with zero attached hydrogens (tertiary/aromatic N) is 9. The van der Waals surface area contributed by atoms with Gasteiger partial charge in [-0.2, -0.15) is 0 Å². The van der Waals surface area contributed by atoms with E-state index in [4.69, 9.17) is 14.2 Å². The summed E-state index contributed by atoms with van der Waals surface area (Å²) in [5, 5.41) is 36.8. The summed E-state index contributed by atoms with van der Waals surface area (Å²) >= 11 is 0. The van der Waals surface area contributed by atoms with Crippen LogP contribution in [-0.4, -0.2) is 186 Å². The highest BCUT2D eigenvalue weighted by Gasteiger charge is 2.32. The second-order valence-electron chi connectivity index (χ2n) is 21.7. The van der Waals surface area contributed by atoms with Crippen LogP contribution < -0.4 is 39.5 Å². The van der Waals surface area contributed by atoms with Crippen molar-refractivity contribution in [1.29, 1.82) is 0 Å². The molecule has 0 aromatic carbocycles. The van der Waals surface area contributed by atoms with Gasteiger partial charge in [0.05, 0.1) is 95.7 Å². The van der Waals surface area contributed by atoms with Gasteiger partial charge in [0, 0.05) is 19.6 Å². The Labute approximate surface area is 464 Å². The maximum atomic E-state index is 13.8. The molecule has 0 radical (unpaired) electrons. The maximum Gasteiger partial charge on any atom is 0.336 e. The van der Waals surface area contributed by atoms with Gasteiger partial charge >= 0.3 is 34.1 Å². The maximum absolute atomic E-state index is 13.8. The van der Waals surface area contributed by atoms with Crippen LogP contribution in [0, 0.1) is 0 Å². The van der Waals surface area contributed by atoms with Crippen LogP contribution in [-0.2, 0) is 53.5 Å². The van der Waals surface area contributed by atoms with Gasteiger partial charge in [0.25, 0.3) is 0 Å². The van der Waals surface area contributed by atoms with Crippen molar-refractivity contribution in [2.45, 2.75) is 234 Å². The Kier molecular flexibility index (Phi) is 34.3. The van der Waals surface area contributed by atoms with Crippen molar-refractivity contribution in [1.82, 2.24) is 47.4 Å². The van der Waals surface area contributed by atoms with Crippen LogP contribution in [0.25, 0.3) is 0 Å². The van der Waals surface area contributed by atoms with Crippen molar-refractivity contribution < 1.29 is 29.5 Å². The van der Waals surface area contributed by atoms with E-state index in [1.54, 1.807) is 0 Å². The minimum Gasteiger partial charge on any atom is -0.390 e. The first kappa shape index (κ1) is 68.7. The van der Waals surface area contributed by atoms with E-state index in [1.807, 2.05) is 0 Å². The average Bonchev–Trinajstić information content (AvgIpc) is 4.28. The first-order valence-corrected chi connectivity index (χ1v) is 30.3. The van der Waals surface area contributed by atoms with Crippen LogP contribution in [0.5, 0.6) is 0 Å². The van der Waals surface area contributed by atoms with Crippen LogP contribution in [0.3, 0.4) is 0 Å². The van der Waals surface area contributed by atoms with Gasteiger partial charge in [0.1, 0.15) is 0 Å². The first-order chi connectivity index (χ1) is 37.6. The predicted octanol–water partition coefficient (Wildman–Crippen LogP) is 2.51. The van der Waals surface area contributed by atoms with Gasteiger partial charge in [-0.05, 0) is 104 Å². The van der Waals surface area contributed by atoms with E-state index in [1.165, 1.54) is 38.8 Å². The smallest absolute Gasteiger partial charge is 0.336 e. The fraction of sp³-hybridized carbons (Fsp3) is 0.893. The van der Waals surface area contributed by atoms with Crippen molar-refractivity contribution in [2.24, 2.45) is 0 Å². The molecule has 78 heavy (non-hydrogen) atoms. The van der Waals surface area contributed by atoms with Crippen molar-refractivity contribution in [2.75, 3.05) is 91.8 Å². The Morgan fingerprint density at radius 1 is 0.385 bits per heavy atom. The highest BCUT2D eigenvalue weighted by Crippen LogP contribution is 2.13. The van der Waals surface area contributed by atoms with Gasteiger partial charge in [0.2, 0.25) is 0 Å². The van der Waals surface area contributed by atoms with E-state index in [0.717, 1.165) is 144 Å². The number of rotatable bonds is 42. The Bertz CT molecular complexity index is 1970. The zero-order valence-corrected chi connectivity index (χ0v) is 49.5. The van der Waals surface area contributed by atoms with Gasteiger partial charge in [-0.1, -0.05) is 107 Å². The van der Waals surface area contributed by atoms with Gasteiger partial charge in [0.15, 0.2) is 0 Å². The van der Waals surface area contributed by atoms with Crippen LogP contribution in [0.2, 0.25) is 0 Å². The molecule has 0 saturated carbocycles. The molecular formula is C56H106N10O12. The summed E-state index contributed by atoms with van der Waals surface area (Å²) in [5.41, 5.74) is -4.31. The molecule has 2 aromatic rings. The molecular weight excluding hydrogens is 1000 g/mol. The molecule has 2 aromatic heterocycles. The average molecular weight is 1110 g/mol. The summed E-state index contributed by atoms with van der Waals surface area (Å²) in [5.74, 6) is 0. The number of hydrogen-bond donors (Lipinski definition) is 4. The summed E-state index contributed by atoms with van der Waals surface area (Å²) in [7, 11) is 0. The third kappa shape index (κ3) is 25.9. The monoisotopic (exact) mass is 1110 g/mol. The molecule has 452 valence electrons. The van der Waals surface area contributed by atoms with Crippen LogP contribution in [0.15, 0.2) is 28.8 Å². The van der Waals surface area contributed by atoms with E-state index in [9.17, 15) is 44.1 Å². The molecule has 22 nitrogen and oxygen atoms in total. The van der Waals surface area contributed by atoms with Crippen LogP contribution >= 0.6 is 0 Å². The molecule has 0 bridgehead atoms. The topological polar surface area (TPSA) is 252 Å². The Balaban J connectivity index is 0.000000427. The number of unbranched alkanes of at least 4 members (excludes halogenated alkanes) is 8. The third-order valence-corrected chi connectivity index (χ3v) is 14.1. The zero-order chi connectivity index (χ0) is 57.4. The Morgan fingerprint density at radius 2 is 0.590 bits per heavy atom. The van der Waals surface area contributed by atoms with Gasteiger partial charge in [-0.3, -0.25) is 0 Å². The number of aromatic nitrogens is 6. The highest BCUT2D eigenvalue weighted by atomic mass is 16.6. The molecule has 3 saturated heterocycles. The largest absolute Gasteiger partial charge is 0.390 e. The van der Waals surface area contributed by atoms with Crippen molar-refractivity contribution in [3.8, 4) is 0 Å². The Morgan fingerprint density at radius 3 is 0.782 bits per heavy atom. The minimum absolute atomic E-state index is 0.121. The molecule has 0 amide bonds. The lowest BCUT2D eigenvalue weighted by Gasteiger charge is -2.27. The zero-order valence-electron chi connectivity index (χ0n) is 49.5. The lowest BCUT2D eigenvalue weighted by atomic mass is 10.2. The summed E-state index contributed by atoms with van der Waals surface area (Å²) in [6.07, 6.45) is 13.8. The lowest BCUT2D eigenvalue weighted by Crippen LogP contribution is -2.58. The van der Waals surface area contributed by atoms with Crippen LogP contribution in [0.1, 0.15) is 158 Å². The molecule has 6 atom stereocenters. The molecule has 0 spiro atoms. The molecule has 3 aliphatic heterocycles. The minimum atomic E-state index is -1.02. The van der Waals surface area contributed by atoms with E-state index < -0.39 is 52.5 Å². The Hall–Kier alpha value is -3.58. The number of nitrogens with one attached hydrogen (secondary N) is 1. The second kappa shape index (κ2) is 39.0. The van der Waals surface area contributed by atoms with Gasteiger partial charge in [-0.15, -0.1) is 0 Å². The molecule has 4 N–H and O–H groups in total. The molecule has 22 heteroatoms. The third-order valence-electron chi connectivity index (χ3n) is 14.1. The van der Waals surface area contributed by atoms with E-state index in [0.29, 0.717) is 39.5 Å². The van der Waals surface area contributed by atoms with E-state index in [2.05, 4.69) is 75.4 Å². The van der Waals surface area contributed by atoms with Crippen LogP contribution in [0.4, 0.5) is 0 Å². The van der Waals surface area contributed by atoms with Gasteiger partial charge < -0.3 is 49.5 Å². The SMILES string of the molecule is CCCCN(CCCC)CC(O)Cn1c(=O)n(CC(O)CN(CCCC)CCCC)c(=O)n(CC(O)CN(CCCC)CCCC)c1=O.CCCCNCCCC.O=c1n(CC2CO2)c(=O)n(CC2CO2)c(=O)n1CC1CO1. The molecule has 6 unspecified atom stereocenters.